The van der Waals surface area contributed by atoms with Crippen LogP contribution in [0.1, 0.15) is 168 Å². The van der Waals surface area contributed by atoms with E-state index in [9.17, 15) is 19.0 Å². The Balaban J connectivity index is 4.27. The van der Waals surface area contributed by atoms with Crippen molar-refractivity contribution in [2.45, 2.75) is 174 Å². The van der Waals surface area contributed by atoms with Gasteiger partial charge >= 0.3 is 19.8 Å². The molecule has 2 unspecified atom stereocenters. The number of allylic oxidation sites excluding steroid dienone is 12. The summed E-state index contributed by atoms with van der Waals surface area (Å²) in [6.45, 7) is 3.53. The second-order valence-corrected chi connectivity index (χ2v) is 15.3. The lowest BCUT2D eigenvalue weighted by atomic mass is 10.1. The second-order valence-electron chi connectivity index (χ2n) is 13.8. The average molecular weight is 792 g/mol. The topological polar surface area (TPSA) is 134 Å². The third-order valence-corrected chi connectivity index (χ3v) is 9.56. The van der Waals surface area contributed by atoms with Crippen molar-refractivity contribution >= 4 is 19.8 Å². The zero-order chi connectivity index (χ0) is 40.3. The van der Waals surface area contributed by atoms with Gasteiger partial charge in [-0.2, -0.15) is 0 Å². The number of rotatable bonds is 39. The minimum Gasteiger partial charge on any atom is -0.462 e. The van der Waals surface area contributed by atoms with Crippen LogP contribution in [0.4, 0.5) is 0 Å². The lowest BCUT2D eigenvalue weighted by Crippen LogP contribution is -2.29. The van der Waals surface area contributed by atoms with Crippen LogP contribution in [0.5, 0.6) is 0 Å². The highest BCUT2D eigenvalue weighted by Crippen LogP contribution is 2.43. The summed E-state index contributed by atoms with van der Waals surface area (Å²) in [4.78, 5) is 34.8. The van der Waals surface area contributed by atoms with E-state index in [0.29, 0.717) is 12.8 Å². The first-order chi connectivity index (χ1) is 26.8. The van der Waals surface area contributed by atoms with Gasteiger partial charge in [-0.1, -0.05) is 151 Å². The van der Waals surface area contributed by atoms with E-state index < -0.39 is 32.5 Å². The Bertz CT molecular complexity index is 1130. The fraction of sp³-hybridized carbons (Fsp3) is 0.689. The highest BCUT2D eigenvalue weighted by molar-refractivity contribution is 7.47. The van der Waals surface area contributed by atoms with Crippen molar-refractivity contribution in [2.75, 3.05) is 26.4 Å². The standard InChI is InChI=1S/C45H78NO8P/c1-3-5-7-9-11-13-15-17-19-21-23-25-27-29-31-33-35-37-44(47)51-41-43(42-53-55(49,50)52-40-39-46)54-45(48)38-36-34-32-30-28-26-24-22-20-18-16-14-12-10-8-6-4-2/h5,7,11,13,17-20,23,25,29,31,43H,3-4,6,8-10,12,14-16,21-22,24,26-28,30,32-42,46H2,1-2H3,(H,49,50). The number of hydrogen-bond donors (Lipinski definition) is 2. The van der Waals surface area contributed by atoms with Gasteiger partial charge in [0, 0.05) is 19.4 Å². The van der Waals surface area contributed by atoms with Crippen molar-refractivity contribution in [3.63, 3.8) is 0 Å². The first-order valence-electron chi connectivity index (χ1n) is 21.4. The van der Waals surface area contributed by atoms with Gasteiger partial charge in [-0.3, -0.25) is 18.6 Å². The molecule has 0 rings (SSSR count). The zero-order valence-corrected chi connectivity index (χ0v) is 35.5. The summed E-state index contributed by atoms with van der Waals surface area (Å²) in [7, 11) is -4.39. The van der Waals surface area contributed by atoms with Crippen LogP contribution in [-0.2, 0) is 32.7 Å². The van der Waals surface area contributed by atoms with Crippen molar-refractivity contribution in [1.29, 1.82) is 0 Å². The highest BCUT2D eigenvalue weighted by atomic mass is 31.2. The van der Waals surface area contributed by atoms with Crippen LogP contribution in [0, 0.1) is 0 Å². The van der Waals surface area contributed by atoms with E-state index in [0.717, 1.165) is 64.2 Å². The molecule has 316 valence electrons. The van der Waals surface area contributed by atoms with Crippen molar-refractivity contribution in [2.24, 2.45) is 5.73 Å². The number of hydrogen-bond acceptors (Lipinski definition) is 8. The third-order valence-electron chi connectivity index (χ3n) is 8.58. The number of ether oxygens (including phenoxy) is 2. The zero-order valence-electron chi connectivity index (χ0n) is 34.6. The van der Waals surface area contributed by atoms with Gasteiger partial charge < -0.3 is 20.1 Å². The lowest BCUT2D eigenvalue weighted by molar-refractivity contribution is -0.161. The van der Waals surface area contributed by atoms with Gasteiger partial charge in [0.1, 0.15) is 6.61 Å². The number of esters is 2. The molecule has 0 fully saturated rings. The molecule has 55 heavy (non-hydrogen) atoms. The van der Waals surface area contributed by atoms with Crippen LogP contribution in [0.25, 0.3) is 0 Å². The molecule has 3 N–H and O–H groups in total. The second kappa shape index (κ2) is 41.1. The molecule has 0 aliphatic carbocycles. The summed E-state index contributed by atoms with van der Waals surface area (Å²) in [6, 6.07) is 0. The number of carbonyl (C=O) groups is 2. The van der Waals surface area contributed by atoms with Gasteiger partial charge in [0.2, 0.25) is 0 Å². The number of phosphoric ester groups is 1. The molecule has 0 saturated heterocycles. The molecule has 2 atom stereocenters. The van der Waals surface area contributed by atoms with Crippen molar-refractivity contribution < 1.29 is 37.6 Å². The number of nitrogens with two attached hydrogens (primary N) is 1. The van der Waals surface area contributed by atoms with Crippen LogP contribution in [0.15, 0.2) is 72.9 Å². The van der Waals surface area contributed by atoms with Gasteiger partial charge in [-0.25, -0.2) is 4.57 Å². The van der Waals surface area contributed by atoms with E-state index in [1.54, 1.807) is 0 Å². The van der Waals surface area contributed by atoms with Gasteiger partial charge in [-0.05, 0) is 77.0 Å². The molecule has 0 radical (unpaired) electrons. The van der Waals surface area contributed by atoms with Crippen LogP contribution < -0.4 is 5.73 Å². The van der Waals surface area contributed by atoms with Crippen molar-refractivity contribution in [3.8, 4) is 0 Å². The quantitative estimate of drug-likeness (QED) is 0.0270. The van der Waals surface area contributed by atoms with Crippen LogP contribution >= 0.6 is 7.82 Å². The maximum atomic E-state index is 12.6. The molecule has 0 aromatic carbocycles. The molecule has 0 amide bonds. The third kappa shape index (κ3) is 40.9. The predicted octanol–water partition coefficient (Wildman–Crippen LogP) is 12.3. The van der Waals surface area contributed by atoms with Gasteiger partial charge in [0.15, 0.2) is 6.10 Å². The largest absolute Gasteiger partial charge is 0.472 e. The molecule has 0 aliphatic rings. The molecule has 10 heteroatoms. The average Bonchev–Trinajstić information content (AvgIpc) is 3.17. The summed E-state index contributed by atoms with van der Waals surface area (Å²) in [5, 5.41) is 0. The Hall–Kier alpha value is -2.55. The van der Waals surface area contributed by atoms with Gasteiger partial charge in [-0.15, -0.1) is 0 Å². The van der Waals surface area contributed by atoms with Crippen molar-refractivity contribution in [1.82, 2.24) is 0 Å². The highest BCUT2D eigenvalue weighted by Gasteiger charge is 2.25. The Kier molecular flexibility index (Phi) is 39.2. The van der Waals surface area contributed by atoms with Crippen LogP contribution in [-0.4, -0.2) is 49.3 Å². The first kappa shape index (κ1) is 52.5. The van der Waals surface area contributed by atoms with E-state index in [1.807, 2.05) is 6.08 Å². The molecule has 0 heterocycles. The fourth-order valence-electron chi connectivity index (χ4n) is 5.43. The molecule has 0 saturated carbocycles. The number of phosphoric acid groups is 1. The maximum Gasteiger partial charge on any atom is 0.472 e. The normalized spacial score (nSPS) is 14.0. The minimum atomic E-state index is -4.39. The SMILES string of the molecule is CCC=CCC=CCC=CCC=CCC=CCCCC(=O)OCC(COP(=O)(O)OCCN)OC(=O)CCCCCCCCCC=CCCCCCCCC. The predicted molar refractivity (Wildman–Crippen MR) is 229 cm³/mol. The van der Waals surface area contributed by atoms with Crippen molar-refractivity contribution in [3.05, 3.63) is 72.9 Å². The molecule has 0 bridgehead atoms. The van der Waals surface area contributed by atoms with E-state index in [2.05, 4.69) is 80.7 Å². The summed E-state index contributed by atoms with van der Waals surface area (Å²) in [6.07, 6.45) is 49.4. The Morgan fingerprint density at radius 3 is 1.56 bits per heavy atom. The summed E-state index contributed by atoms with van der Waals surface area (Å²) >= 11 is 0. The summed E-state index contributed by atoms with van der Waals surface area (Å²) in [5.41, 5.74) is 5.34. The molecule has 0 aliphatic heterocycles. The van der Waals surface area contributed by atoms with E-state index in [1.165, 1.54) is 64.2 Å². The maximum absolute atomic E-state index is 12.6. The number of unbranched alkanes of at least 4 members (excludes halogenated alkanes) is 14. The Morgan fingerprint density at radius 2 is 1.02 bits per heavy atom. The van der Waals surface area contributed by atoms with E-state index >= 15 is 0 Å². The minimum absolute atomic E-state index is 0.0419. The first-order valence-corrected chi connectivity index (χ1v) is 22.9. The molecule has 9 nitrogen and oxygen atoms in total. The lowest BCUT2D eigenvalue weighted by Gasteiger charge is -2.19. The molecule has 0 aromatic rings. The smallest absolute Gasteiger partial charge is 0.462 e. The monoisotopic (exact) mass is 792 g/mol. The van der Waals surface area contributed by atoms with Gasteiger partial charge in [0.05, 0.1) is 13.2 Å². The summed E-state index contributed by atoms with van der Waals surface area (Å²) in [5.74, 6) is -0.907. The fourth-order valence-corrected chi connectivity index (χ4v) is 6.19. The molecule has 0 spiro atoms. The van der Waals surface area contributed by atoms with E-state index in [-0.39, 0.29) is 32.6 Å². The molecule has 0 aromatic heterocycles. The van der Waals surface area contributed by atoms with Crippen LogP contribution in [0.2, 0.25) is 0 Å². The molecular formula is C45H78NO8P. The number of carbonyl (C=O) groups excluding carboxylic acids is 2. The Morgan fingerprint density at radius 1 is 0.564 bits per heavy atom. The van der Waals surface area contributed by atoms with E-state index in [4.69, 9.17) is 24.3 Å². The van der Waals surface area contributed by atoms with Crippen LogP contribution in [0.3, 0.4) is 0 Å². The van der Waals surface area contributed by atoms with Gasteiger partial charge in [0.25, 0.3) is 0 Å². The Labute approximate surface area is 335 Å². The molecular weight excluding hydrogens is 713 g/mol. The summed E-state index contributed by atoms with van der Waals surface area (Å²) < 4.78 is 32.7.